The van der Waals surface area contributed by atoms with Crippen molar-refractivity contribution >= 4 is 5.91 Å². The minimum atomic E-state index is -4.93. The van der Waals surface area contributed by atoms with E-state index in [1.165, 1.54) is 29.2 Å². The van der Waals surface area contributed by atoms with E-state index in [0.717, 1.165) is 20.1 Å². The summed E-state index contributed by atoms with van der Waals surface area (Å²) in [6.07, 6.45) is -1.51. The van der Waals surface area contributed by atoms with Crippen LogP contribution in [0.5, 0.6) is 0 Å². The highest BCUT2D eigenvalue weighted by molar-refractivity contribution is 5.88. The molecule has 1 aromatic heterocycles. The third-order valence-electron chi connectivity index (χ3n) is 7.34. The largest absolute Gasteiger partial charge is 0.430 e. The Balaban J connectivity index is 1.61. The van der Waals surface area contributed by atoms with Gasteiger partial charge in [-0.2, -0.15) is 13.2 Å². The fourth-order valence-corrected chi connectivity index (χ4v) is 5.50. The van der Waals surface area contributed by atoms with Gasteiger partial charge in [0.15, 0.2) is 0 Å². The van der Waals surface area contributed by atoms with E-state index in [4.69, 9.17) is 4.74 Å². The fraction of sp³-hybridized carbons (Fsp3) is 0.500. The predicted molar refractivity (Wildman–Crippen MR) is 117 cm³/mol. The van der Waals surface area contributed by atoms with Crippen LogP contribution in [0.25, 0.3) is 0 Å². The van der Waals surface area contributed by atoms with Crippen molar-refractivity contribution in [3.63, 3.8) is 0 Å². The summed E-state index contributed by atoms with van der Waals surface area (Å²) >= 11 is 0. The molecule has 33 heavy (non-hydrogen) atoms. The zero-order valence-corrected chi connectivity index (χ0v) is 18.5. The maximum atomic E-state index is 14.3. The van der Waals surface area contributed by atoms with Gasteiger partial charge in [-0.25, -0.2) is 0 Å². The van der Waals surface area contributed by atoms with Gasteiger partial charge in [0.2, 0.25) is 0 Å². The monoisotopic (exact) mass is 463 g/mol. The fourth-order valence-electron chi connectivity index (χ4n) is 5.50. The number of H-pyrrole nitrogens is 1. The molecule has 3 heterocycles. The van der Waals surface area contributed by atoms with Crippen molar-refractivity contribution < 1.29 is 22.7 Å². The normalized spacial score (nSPS) is 22.7. The van der Waals surface area contributed by atoms with Crippen molar-refractivity contribution in [2.45, 2.75) is 37.0 Å². The predicted octanol–water partition coefficient (Wildman–Crippen LogP) is 3.16. The Morgan fingerprint density at radius 3 is 2.39 bits per heavy atom. The second-order valence-electron chi connectivity index (χ2n) is 8.86. The molecule has 4 rings (SSSR count). The summed E-state index contributed by atoms with van der Waals surface area (Å²) in [7, 11) is 0.925. The third kappa shape index (κ3) is 3.97. The Labute approximate surface area is 190 Å². The van der Waals surface area contributed by atoms with Crippen molar-refractivity contribution in [1.29, 1.82) is 0 Å². The summed E-state index contributed by atoms with van der Waals surface area (Å²) in [5.74, 6) is -1.17. The molecule has 2 aliphatic rings. The number of alkyl halides is 3. The van der Waals surface area contributed by atoms with Crippen molar-refractivity contribution in [3.8, 4) is 0 Å². The van der Waals surface area contributed by atoms with E-state index in [2.05, 4.69) is 10.3 Å². The third-order valence-corrected chi connectivity index (χ3v) is 7.34. The minimum Gasteiger partial charge on any atom is -0.356 e. The van der Waals surface area contributed by atoms with Gasteiger partial charge in [-0.05, 0) is 37.3 Å². The molecule has 2 saturated heterocycles. The van der Waals surface area contributed by atoms with Gasteiger partial charge >= 0.3 is 6.18 Å². The molecule has 2 aliphatic heterocycles. The highest BCUT2D eigenvalue weighted by Gasteiger charge is 2.64. The van der Waals surface area contributed by atoms with E-state index in [0.29, 0.717) is 24.9 Å². The summed E-state index contributed by atoms with van der Waals surface area (Å²) in [6.45, 7) is 1.74. The Morgan fingerprint density at radius 1 is 1.09 bits per heavy atom. The van der Waals surface area contributed by atoms with Crippen LogP contribution >= 0.6 is 0 Å². The number of nitrogens with one attached hydrogen (secondary N) is 2. The van der Waals surface area contributed by atoms with E-state index in [1.54, 1.807) is 18.3 Å². The van der Waals surface area contributed by atoms with Crippen LogP contribution in [0.3, 0.4) is 0 Å². The Hall–Kier alpha value is -2.65. The van der Waals surface area contributed by atoms with E-state index in [1.807, 2.05) is 6.07 Å². The first-order valence-electron chi connectivity index (χ1n) is 11.1. The number of aromatic nitrogens is 1. The van der Waals surface area contributed by atoms with E-state index in [9.17, 15) is 22.8 Å². The molecule has 1 amide bonds. The average Bonchev–Trinajstić information content (AvgIpc) is 2.81. The number of halogens is 3. The number of benzene rings is 1. The number of carbonyl (C=O) groups excluding carboxylic acids is 1. The molecule has 0 aliphatic carbocycles. The number of likely N-dealkylation sites (tertiary alicyclic amines) is 1. The van der Waals surface area contributed by atoms with Crippen LogP contribution in [0, 0.1) is 5.41 Å². The first kappa shape index (κ1) is 23.5. The summed E-state index contributed by atoms with van der Waals surface area (Å²) in [5.41, 5.74) is -3.01. The molecule has 9 heteroatoms. The number of hydrogen-bond donors (Lipinski definition) is 2. The van der Waals surface area contributed by atoms with Crippen molar-refractivity contribution in [1.82, 2.24) is 15.2 Å². The molecule has 1 unspecified atom stereocenters. The van der Waals surface area contributed by atoms with Crippen molar-refractivity contribution in [2.75, 3.05) is 33.3 Å². The zero-order valence-electron chi connectivity index (χ0n) is 18.5. The lowest BCUT2D eigenvalue weighted by molar-refractivity contribution is -0.271. The lowest BCUT2D eigenvalue weighted by Crippen LogP contribution is -2.60. The standard InChI is InChI=1S/C24H28F3N3O3/c1-33-23(24(25,26)27,17-6-3-2-4-7-17)21(32)30-14-10-22(11-15-30)9-13-28-16-19(22)18-8-5-12-29-20(18)31/h2-8,12,19,28H,9-11,13-16H2,1H3,(H,29,31)/t19?,23-/m1/s1. The van der Waals surface area contributed by atoms with Gasteiger partial charge < -0.3 is 19.9 Å². The maximum Gasteiger partial charge on any atom is 0.430 e. The summed E-state index contributed by atoms with van der Waals surface area (Å²) in [4.78, 5) is 29.8. The topological polar surface area (TPSA) is 74.4 Å². The van der Waals surface area contributed by atoms with Gasteiger partial charge in [0.05, 0.1) is 0 Å². The number of nitrogens with zero attached hydrogens (tertiary/aromatic N) is 1. The number of hydrogen-bond acceptors (Lipinski definition) is 4. The second kappa shape index (κ2) is 8.95. The number of amides is 1. The first-order valence-corrected chi connectivity index (χ1v) is 11.1. The van der Waals surface area contributed by atoms with Crippen LogP contribution in [-0.2, 0) is 15.1 Å². The number of rotatable bonds is 4. The van der Waals surface area contributed by atoms with Gasteiger partial charge in [-0.15, -0.1) is 0 Å². The molecule has 2 aromatic rings. The number of pyridine rings is 1. The van der Waals surface area contributed by atoms with Crippen LogP contribution < -0.4 is 10.9 Å². The number of piperidine rings is 2. The Morgan fingerprint density at radius 2 is 1.79 bits per heavy atom. The van der Waals surface area contributed by atoms with Crippen molar-refractivity contribution in [2.24, 2.45) is 5.41 Å². The van der Waals surface area contributed by atoms with Crippen LogP contribution in [0.1, 0.15) is 36.3 Å². The van der Waals surface area contributed by atoms with E-state index >= 15 is 0 Å². The lowest BCUT2D eigenvalue weighted by atomic mass is 9.63. The molecular weight excluding hydrogens is 435 g/mol. The first-order chi connectivity index (χ1) is 15.7. The minimum absolute atomic E-state index is 0.0719. The number of carbonyl (C=O) groups is 1. The van der Waals surface area contributed by atoms with Crippen LogP contribution in [0.15, 0.2) is 53.5 Å². The second-order valence-corrected chi connectivity index (χ2v) is 8.86. The molecule has 0 radical (unpaired) electrons. The van der Waals surface area contributed by atoms with Gasteiger partial charge in [-0.3, -0.25) is 9.59 Å². The maximum absolute atomic E-state index is 14.3. The lowest BCUT2D eigenvalue weighted by Gasteiger charge is -2.50. The Bertz CT molecular complexity index is 1030. The van der Waals surface area contributed by atoms with Crippen LogP contribution in [0.2, 0.25) is 0 Å². The molecular formula is C24H28F3N3O3. The van der Waals surface area contributed by atoms with Crippen LogP contribution in [0.4, 0.5) is 13.2 Å². The average molecular weight is 464 g/mol. The van der Waals surface area contributed by atoms with E-state index in [-0.39, 0.29) is 35.5 Å². The number of ether oxygens (including phenoxy) is 1. The molecule has 0 bridgehead atoms. The molecule has 0 saturated carbocycles. The Kier molecular flexibility index (Phi) is 6.37. The molecule has 1 spiro atoms. The van der Waals surface area contributed by atoms with Gasteiger partial charge in [0.1, 0.15) is 0 Å². The number of aromatic amines is 1. The van der Waals surface area contributed by atoms with Gasteiger partial charge in [0, 0.05) is 50.0 Å². The highest BCUT2D eigenvalue weighted by atomic mass is 19.4. The molecule has 178 valence electrons. The summed E-state index contributed by atoms with van der Waals surface area (Å²) in [6, 6.07) is 10.7. The molecule has 2 fully saturated rings. The van der Waals surface area contributed by atoms with Crippen molar-refractivity contribution in [3.05, 3.63) is 70.1 Å². The quantitative estimate of drug-likeness (QED) is 0.731. The SMILES string of the molecule is CO[C@@](C(=O)N1CCC2(CCNCC2c2ccc[nH]c2=O)CC1)(c1ccccc1)C(F)(F)F. The molecule has 6 nitrogen and oxygen atoms in total. The zero-order chi connectivity index (χ0) is 23.7. The van der Waals surface area contributed by atoms with E-state index < -0.39 is 17.7 Å². The molecule has 2 atom stereocenters. The molecule has 2 N–H and O–H groups in total. The van der Waals surface area contributed by atoms with Gasteiger partial charge in [0.25, 0.3) is 17.1 Å². The smallest absolute Gasteiger partial charge is 0.356 e. The number of methoxy groups -OCH3 is 1. The molecule has 1 aromatic carbocycles. The van der Waals surface area contributed by atoms with Crippen LogP contribution in [-0.4, -0.2) is 55.3 Å². The van der Waals surface area contributed by atoms with Gasteiger partial charge in [-0.1, -0.05) is 36.4 Å². The summed E-state index contributed by atoms with van der Waals surface area (Å²) in [5, 5.41) is 3.34. The summed E-state index contributed by atoms with van der Waals surface area (Å²) < 4.78 is 47.9. The highest BCUT2D eigenvalue weighted by Crippen LogP contribution is 2.49.